The molecule has 92 valence electrons. The largest absolute Gasteiger partial charge is 0.439 e. The second-order valence-corrected chi connectivity index (χ2v) is 4.82. The summed E-state index contributed by atoms with van der Waals surface area (Å²) in [6.07, 6.45) is -4.39. The summed E-state index contributed by atoms with van der Waals surface area (Å²) < 4.78 is 37.5. The molecule has 1 aliphatic heterocycles. The highest BCUT2D eigenvalue weighted by molar-refractivity contribution is 8.14. The first-order valence-corrected chi connectivity index (χ1v) is 5.94. The minimum absolute atomic E-state index is 0.316. The Kier molecular flexibility index (Phi) is 3.18. The lowest BCUT2D eigenvalue weighted by Gasteiger charge is -2.21. The van der Waals surface area contributed by atoms with Crippen molar-refractivity contribution in [3.8, 4) is 0 Å². The second-order valence-electron chi connectivity index (χ2n) is 3.77. The van der Waals surface area contributed by atoms with Crippen LogP contribution in [0.5, 0.6) is 0 Å². The summed E-state index contributed by atoms with van der Waals surface area (Å²) in [4.78, 5) is 3.40. The van der Waals surface area contributed by atoms with Gasteiger partial charge in [0.1, 0.15) is 0 Å². The van der Waals surface area contributed by atoms with E-state index in [9.17, 15) is 18.3 Å². The molecule has 1 aromatic carbocycles. The van der Waals surface area contributed by atoms with Crippen molar-refractivity contribution in [2.45, 2.75) is 18.3 Å². The molecule has 1 aliphatic rings. The molecule has 0 aliphatic carbocycles. The number of aliphatic imine (C=N–C) groups is 1. The zero-order valence-electron chi connectivity index (χ0n) is 8.74. The van der Waals surface area contributed by atoms with E-state index in [0.29, 0.717) is 11.5 Å². The number of benzene rings is 1. The van der Waals surface area contributed by atoms with Crippen LogP contribution >= 0.6 is 11.8 Å². The molecular weight excluding hydrogens is 251 g/mol. The zero-order valence-corrected chi connectivity index (χ0v) is 9.55. The van der Waals surface area contributed by atoms with Crippen LogP contribution in [-0.4, -0.2) is 27.8 Å². The standard InChI is InChI=1S/C11H10F3NOS/c12-11(13,14)10(16)7-17-9(15-10)6-8-4-2-1-3-5-8/h1-5,16H,6-7H2. The zero-order chi connectivity index (χ0) is 12.5. The molecule has 0 amide bonds. The van der Waals surface area contributed by atoms with Crippen molar-refractivity contribution in [3.63, 3.8) is 0 Å². The van der Waals surface area contributed by atoms with Gasteiger partial charge in [0.2, 0.25) is 0 Å². The van der Waals surface area contributed by atoms with Crippen molar-refractivity contribution in [1.29, 1.82) is 0 Å². The van der Waals surface area contributed by atoms with Crippen molar-refractivity contribution in [2.24, 2.45) is 4.99 Å². The molecule has 0 saturated heterocycles. The Labute approximate surface area is 101 Å². The highest BCUT2D eigenvalue weighted by Gasteiger charge is 2.56. The number of rotatable bonds is 2. The fourth-order valence-electron chi connectivity index (χ4n) is 1.46. The molecule has 1 heterocycles. The number of nitrogens with zero attached hydrogens (tertiary/aromatic N) is 1. The third-order valence-corrected chi connectivity index (χ3v) is 3.52. The highest BCUT2D eigenvalue weighted by atomic mass is 32.2. The normalized spacial score (nSPS) is 24.8. The van der Waals surface area contributed by atoms with Crippen LogP contribution < -0.4 is 0 Å². The van der Waals surface area contributed by atoms with Gasteiger partial charge in [-0.15, -0.1) is 11.8 Å². The molecule has 2 nitrogen and oxygen atoms in total. The Morgan fingerprint density at radius 1 is 1.29 bits per heavy atom. The fraction of sp³-hybridized carbons (Fsp3) is 0.364. The summed E-state index contributed by atoms with van der Waals surface area (Å²) in [5.74, 6) is -0.460. The van der Waals surface area contributed by atoms with Gasteiger partial charge in [0.15, 0.2) is 0 Å². The Morgan fingerprint density at radius 2 is 1.94 bits per heavy atom. The van der Waals surface area contributed by atoms with Crippen LogP contribution in [0.3, 0.4) is 0 Å². The molecule has 0 bridgehead atoms. The molecular formula is C11H10F3NOS. The van der Waals surface area contributed by atoms with Gasteiger partial charge in [-0.2, -0.15) is 13.2 Å². The number of thioether (sulfide) groups is 1. The Bertz CT molecular complexity index is 432. The average molecular weight is 261 g/mol. The van der Waals surface area contributed by atoms with Crippen molar-refractivity contribution < 1.29 is 18.3 Å². The van der Waals surface area contributed by atoms with E-state index in [1.807, 2.05) is 30.3 Å². The van der Waals surface area contributed by atoms with Crippen molar-refractivity contribution in [3.05, 3.63) is 35.9 Å². The number of hydrogen-bond donors (Lipinski definition) is 1. The Balaban J connectivity index is 2.13. The molecule has 1 N–H and O–H groups in total. The molecule has 0 radical (unpaired) electrons. The Morgan fingerprint density at radius 3 is 2.47 bits per heavy atom. The molecule has 0 spiro atoms. The van der Waals surface area contributed by atoms with E-state index < -0.39 is 17.7 Å². The van der Waals surface area contributed by atoms with E-state index in [1.165, 1.54) is 0 Å². The van der Waals surface area contributed by atoms with Crippen LogP contribution in [0.15, 0.2) is 35.3 Å². The number of alkyl halides is 3. The topological polar surface area (TPSA) is 32.6 Å². The molecule has 0 fully saturated rings. The van der Waals surface area contributed by atoms with E-state index in [1.54, 1.807) is 0 Å². The van der Waals surface area contributed by atoms with Gasteiger partial charge in [-0.3, -0.25) is 0 Å². The fourth-order valence-corrected chi connectivity index (χ4v) is 2.54. The summed E-state index contributed by atoms with van der Waals surface area (Å²) in [5, 5.41) is 9.66. The molecule has 17 heavy (non-hydrogen) atoms. The van der Waals surface area contributed by atoms with E-state index >= 15 is 0 Å². The molecule has 0 aromatic heterocycles. The van der Waals surface area contributed by atoms with Gasteiger partial charge < -0.3 is 5.11 Å². The maximum absolute atomic E-state index is 12.5. The van der Waals surface area contributed by atoms with Gasteiger partial charge in [0, 0.05) is 6.42 Å². The lowest BCUT2D eigenvalue weighted by molar-refractivity contribution is -0.245. The third-order valence-electron chi connectivity index (χ3n) is 2.40. The molecule has 0 saturated carbocycles. The van der Waals surface area contributed by atoms with Crippen molar-refractivity contribution in [1.82, 2.24) is 0 Å². The smallest absolute Gasteiger partial charge is 0.361 e. The predicted molar refractivity (Wildman–Crippen MR) is 61.0 cm³/mol. The Hall–Kier alpha value is -1.01. The lowest BCUT2D eigenvalue weighted by Crippen LogP contribution is -2.43. The van der Waals surface area contributed by atoms with Gasteiger partial charge in [-0.1, -0.05) is 30.3 Å². The molecule has 1 aromatic rings. The van der Waals surface area contributed by atoms with Crippen molar-refractivity contribution in [2.75, 3.05) is 5.75 Å². The maximum Gasteiger partial charge on any atom is 0.439 e. The molecule has 1 atom stereocenters. The van der Waals surface area contributed by atoms with Gasteiger partial charge in [0.05, 0.1) is 10.8 Å². The van der Waals surface area contributed by atoms with E-state index in [2.05, 4.69) is 4.99 Å². The number of aliphatic hydroxyl groups is 1. The average Bonchev–Trinajstić information content (AvgIpc) is 2.62. The quantitative estimate of drug-likeness (QED) is 0.887. The van der Waals surface area contributed by atoms with Gasteiger partial charge in [-0.05, 0) is 5.56 Å². The minimum Gasteiger partial charge on any atom is -0.361 e. The van der Waals surface area contributed by atoms with Crippen LogP contribution in [0.25, 0.3) is 0 Å². The third kappa shape index (κ3) is 2.63. The first-order chi connectivity index (χ1) is 7.91. The maximum atomic E-state index is 12.5. The monoisotopic (exact) mass is 261 g/mol. The highest BCUT2D eigenvalue weighted by Crippen LogP contribution is 2.39. The summed E-state index contributed by atoms with van der Waals surface area (Å²) in [5.41, 5.74) is -2.04. The van der Waals surface area contributed by atoms with E-state index in [4.69, 9.17) is 0 Å². The summed E-state index contributed by atoms with van der Waals surface area (Å²) in [6.45, 7) is 0. The van der Waals surface area contributed by atoms with Crippen LogP contribution in [0.2, 0.25) is 0 Å². The summed E-state index contributed by atoms with van der Waals surface area (Å²) >= 11 is 0.951. The first kappa shape index (κ1) is 12.4. The van der Waals surface area contributed by atoms with E-state index in [0.717, 1.165) is 17.3 Å². The first-order valence-electron chi connectivity index (χ1n) is 4.95. The van der Waals surface area contributed by atoms with Crippen LogP contribution in [0.1, 0.15) is 5.56 Å². The molecule has 1 unspecified atom stereocenters. The summed E-state index contributed by atoms with van der Waals surface area (Å²) in [6, 6.07) is 9.08. The number of halogens is 3. The lowest BCUT2D eigenvalue weighted by atomic mass is 10.2. The van der Waals surface area contributed by atoms with E-state index in [-0.39, 0.29) is 0 Å². The molecule has 6 heteroatoms. The number of hydrogen-bond acceptors (Lipinski definition) is 3. The SMILES string of the molecule is OC1(C(F)(F)F)CSC(Cc2ccccc2)=N1. The van der Waals surface area contributed by atoms with Gasteiger partial charge >= 0.3 is 6.18 Å². The van der Waals surface area contributed by atoms with Crippen LogP contribution in [0, 0.1) is 0 Å². The van der Waals surface area contributed by atoms with Gasteiger partial charge in [-0.25, -0.2) is 4.99 Å². The minimum atomic E-state index is -4.71. The van der Waals surface area contributed by atoms with Crippen LogP contribution in [-0.2, 0) is 6.42 Å². The van der Waals surface area contributed by atoms with Crippen LogP contribution in [0.4, 0.5) is 13.2 Å². The molecule has 2 rings (SSSR count). The summed E-state index contributed by atoms with van der Waals surface area (Å²) in [7, 11) is 0. The van der Waals surface area contributed by atoms with Gasteiger partial charge in [0.25, 0.3) is 5.72 Å². The second kappa shape index (κ2) is 4.34. The van der Waals surface area contributed by atoms with Crippen molar-refractivity contribution >= 4 is 16.8 Å². The predicted octanol–water partition coefficient (Wildman–Crippen LogP) is 2.63.